The summed E-state index contributed by atoms with van der Waals surface area (Å²) in [5, 5.41) is 9.64. The number of hydrogen-bond donors (Lipinski definition) is 2. The highest BCUT2D eigenvalue weighted by molar-refractivity contribution is 7.97. The van der Waals surface area contributed by atoms with E-state index in [4.69, 9.17) is 0 Å². The number of nitrogens with zero attached hydrogens (tertiary/aromatic N) is 3. The second-order valence-electron chi connectivity index (χ2n) is 6.20. The lowest BCUT2D eigenvalue weighted by molar-refractivity contribution is -0.119. The third-order valence-corrected chi connectivity index (χ3v) is 4.77. The molecular weight excluding hydrogens is 374 g/mol. The molecular formula is C20H21N5O2S. The predicted molar refractivity (Wildman–Crippen MR) is 111 cm³/mol. The van der Waals surface area contributed by atoms with Gasteiger partial charge in [-0.3, -0.25) is 9.59 Å². The van der Waals surface area contributed by atoms with Gasteiger partial charge in [0, 0.05) is 22.7 Å². The van der Waals surface area contributed by atoms with Crippen molar-refractivity contribution in [3.8, 4) is 0 Å². The number of benzene rings is 2. The Morgan fingerprint density at radius 2 is 1.68 bits per heavy atom. The van der Waals surface area contributed by atoms with E-state index in [1.165, 1.54) is 22.9 Å². The lowest BCUT2D eigenvalue weighted by Crippen LogP contribution is -2.24. The van der Waals surface area contributed by atoms with Gasteiger partial charge in [-0.05, 0) is 55.1 Å². The van der Waals surface area contributed by atoms with Crippen LogP contribution in [-0.2, 0) is 10.5 Å². The topological polar surface area (TPSA) is 88.9 Å². The van der Waals surface area contributed by atoms with Gasteiger partial charge in [0.25, 0.3) is 5.91 Å². The van der Waals surface area contributed by atoms with Crippen LogP contribution in [0.5, 0.6) is 0 Å². The fraction of sp³-hybridized carbons (Fsp3) is 0.200. The van der Waals surface area contributed by atoms with E-state index in [1.54, 1.807) is 43.0 Å². The third-order valence-electron chi connectivity index (χ3n) is 4.15. The highest BCUT2D eigenvalue weighted by Crippen LogP contribution is 2.17. The summed E-state index contributed by atoms with van der Waals surface area (Å²) in [6.07, 6.45) is 4.93. The van der Waals surface area contributed by atoms with Crippen molar-refractivity contribution >= 4 is 35.0 Å². The van der Waals surface area contributed by atoms with E-state index in [-0.39, 0.29) is 11.8 Å². The van der Waals surface area contributed by atoms with E-state index in [2.05, 4.69) is 20.7 Å². The van der Waals surface area contributed by atoms with Gasteiger partial charge < -0.3 is 10.6 Å². The molecule has 1 atom stereocenters. The average Bonchev–Trinajstić information content (AvgIpc) is 3.24. The molecule has 0 unspecified atom stereocenters. The van der Waals surface area contributed by atoms with Crippen molar-refractivity contribution in [2.24, 2.45) is 0 Å². The van der Waals surface area contributed by atoms with Crippen molar-refractivity contribution < 1.29 is 9.59 Å². The molecule has 0 bridgehead atoms. The molecule has 1 aromatic heterocycles. The van der Waals surface area contributed by atoms with Gasteiger partial charge in [-0.1, -0.05) is 12.1 Å². The minimum Gasteiger partial charge on any atom is -0.324 e. The van der Waals surface area contributed by atoms with Crippen LogP contribution in [-0.4, -0.2) is 32.8 Å². The average molecular weight is 395 g/mol. The van der Waals surface area contributed by atoms with Crippen LogP contribution in [0.3, 0.4) is 0 Å². The zero-order valence-electron chi connectivity index (χ0n) is 15.6. The Hall–Kier alpha value is -3.13. The Labute approximate surface area is 167 Å². The molecule has 1 heterocycles. The van der Waals surface area contributed by atoms with E-state index in [0.717, 1.165) is 5.75 Å². The van der Waals surface area contributed by atoms with Crippen LogP contribution in [0.15, 0.2) is 61.2 Å². The molecule has 0 aliphatic carbocycles. The Morgan fingerprint density at radius 1 is 1.04 bits per heavy atom. The maximum Gasteiger partial charge on any atom is 0.255 e. The van der Waals surface area contributed by atoms with Gasteiger partial charge in [-0.15, -0.1) is 0 Å². The van der Waals surface area contributed by atoms with Gasteiger partial charge in [0.1, 0.15) is 18.7 Å². The number of hydrogen-bond acceptors (Lipinski definition) is 5. The first kappa shape index (κ1) is 19.6. The number of nitrogens with one attached hydrogen (secondary N) is 2. The molecule has 2 amide bonds. The molecule has 0 aliphatic rings. The largest absolute Gasteiger partial charge is 0.324 e. The molecule has 3 aromatic rings. The van der Waals surface area contributed by atoms with Crippen LogP contribution in [0.1, 0.15) is 28.9 Å². The first-order valence-corrected chi connectivity index (χ1v) is 10.1. The summed E-state index contributed by atoms with van der Waals surface area (Å²) in [5.74, 6) is 0.546. The molecule has 3 rings (SSSR count). The summed E-state index contributed by atoms with van der Waals surface area (Å²) >= 11 is 1.74. The summed E-state index contributed by atoms with van der Waals surface area (Å²) < 4.78 is 1.48. The summed E-state index contributed by atoms with van der Waals surface area (Å²) in [4.78, 5) is 28.5. The fourth-order valence-electron chi connectivity index (χ4n) is 2.54. The van der Waals surface area contributed by atoms with Gasteiger partial charge in [-0.2, -0.15) is 16.9 Å². The van der Waals surface area contributed by atoms with Crippen molar-refractivity contribution in [3.63, 3.8) is 0 Å². The van der Waals surface area contributed by atoms with Gasteiger partial charge >= 0.3 is 0 Å². The monoisotopic (exact) mass is 395 g/mol. The van der Waals surface area contributed by atoms with E-state index >= 15 is 0 Å². The lowest BCUT2D eigenvalue weighted by Gasteiger charge is -2.12. The van der Waals surface area contributed by atoms with Gasteiger partial charge in [0.15, 0.2) is 0 Å². The maximum atomic E-state index is 12.4. The Bertz CT molecular complexity index is 924. The minimum atomic E-state index is -0.476. The summed E-state index contributed by atoms with van der Waals surface area (Å²) in [7, 11) is 0. The molecule has 0 radical (unpaired) electrons. The van der Waals surface area contributed by atoms with Crippen LogP contribution in [0.25, 0.3) is 0 Å². The molecule has 0 spiro atoms. The SMILES string of the molecule is CSCc1ccc(C(=O)Nc2ccc(NC(=O)[C@@H](C)n3cncn3)cc2)cc1. The smallest absolute Gasteiger partial charge is 0.255 e. The van der Waals surface area contributed by atoms with Gasteiger partial charge in [-0.25, -0.2) is 9.67 Å². The van der Waals surface area contributed by atoms with Crippen molar-refractivity contribution in [1.82, 2.24) is 14.8 Å². The van der Waals surface area contributed by atoms with Crippen molar-refractivity contribution in [2.45, 2.75) is 18.7 Å². The minimum absolute atomic E-state index is 0.174. The highest BCUT2D eigenvalue weighted by atomic mass is 32.2. The fourth-order valence-corrected chi connectivity index (χ4v) is 3.07. The number of carbonyl (C=O) groups excluding carboxylic acids is 2. The molecule has 0 aliphatic heterocycles. The van der Waals surface area contributed by atoms with Crippen LogP contribution < -0.4 is 10.6 Å². The Balaban J connectivity index is 1.58. The lowest BCUT2D eigenvalue weighted by atomic mass is 10.1. The molecule has 144 valence electrons. The standard InChI is InChI=1S/C20H21N5O2S/c1-14(25-13-21-12-22-25)19(26)23-17-7-9-18(10-8-17)24-20(27)16-5-3-15(4-6-16)11-28-2/h3-10,12-14H,11H2,1-2H3,(H,23,26)(H,24,27)/t14-/m1/s1. The number of carbonyl (C=O) groups is 2. The molecule has 2 aromatic carbocycles. The predicted octanol–water partition coefficient (Wildman–Crippen LogP) is 3.59. The first-order valence-electron chi connectivity index (χ1n) is 8.71. The quantitative estimate of drug-likeness (QED) is 0.638. The van der Waals surface area contributed by atoms with Gasteiger partial charge in [0.05, 0.1) is 0 Å². The summed E-state index contributed by atoms with van der Waals surface area (Å²) in [5.41, 5.74) is 3.07. The van der Waals surface area contributed by atoms with Crippen LogP contribution in [0, 0.1) is 0 Å². The second kappa shape index (κ2) is 9.18. The van der Waals surface area contributed by atoms with Crippen LogP contribution in [0.4, 0.5) is 11.4 Å². The highest BCUT2D eigenvalue weighted by Gasteiger charge is 2.15. The number of anilines is 2. The number of amides is 2. The van der Waals surface area contributed by atoms with Crippen LogP contribution in [0.2, 0.25) is 0 Å². The second-order valence-corrected chi connectivity index (χ2v) is 7.07. The molecule has 2 N–H and O–H groups in total. The van der Waals surface area contributed by atoms with E-state index in [0.29, 0.717) is 16.9 Å². The molecule has 28 heavy (non-hydrogen) atoms. The third kappa shape index (κ3) is 4.98. The molecule has 0 saturated heterocycles. The zero-order valence-corrected chi connectivity index (χ0v) is 16.4. The van der Waals surface area contributed by atoms with E-state index in [9.17, 15) is 9.59 Å². The zero-order chi connectivity index (χ0) is 19.9. The number of rotatable bonds is 7. The Kier molecular flexibility index (Phi) is 6.44. The van der Waals surface area contributed by atoms with Crippen molar-refractivity contribution in [1.29, 1.82) is 0 Å². The number of thioether (sulfide) groups is 1. The molecule has 0 fully saturated rings. The first-order chi connectivity index (χ1) is 13.6. The van der Waals surface area contributed by atoms with Gasteiger partial charge in [0.2, 0.25) is 5.91 Å². The Morgan fingerprint density at radius 3 is 2.25 bits per heavy atom. The van der Waals surface area contributed by atoms with Crippen LogP contribution >= 0.6 is 11.8 Å². The van der Waals surface area contributed by atoms with E-state index in [1.807, 2.05) is 30.5 Å². The number of aromatic nitrogens is 3. The molecule has 0 saturated carbocycles. The maximum absolute atomic E-state index is 12.4. The van der Waals surface area contributed by atoms with E-state index < -0.39 is 6.04 Å². The summed E-state index contributed by atoms with van der Waals surface area (Å²) in [6, 6.07) is 14.1. The van der Waals surface area contributed by atoms with Crippen molar-refractivity contribution in [3.05, 3.63) is 72.3 Å². The van der Waals surface area contributed by atoms with Crippen molar-refractivity contribution in [2.75, 3.05) is 16.9 Å². The molecule has 7 nitrogen and oxygen atoms in total. The molecule has 8 heteroatoms. The normalized spacial score (nSPS) is 11.6. The summed E-state index contributed by atoms with van der Waals surface area (Å²) in [6.45, 7) is 1.74.